The van der Waals surface area contributed by atoms with E-state index >= 15 is 0 Å². The Balaban J connectivity index is 3.05. The van der Waals surface area contributed by atoms with Gasteiger partial charge in [0.25, 0.3) is 5.91 Å². The van der Waals surface area contributed by atoms with Crippen molar-refractivity contribution < 1.29 is 9.53 Å². The monoisotopic (exact) mass is 279 g/mol. The van der Waals surface area contributed by atoms with Crippen LogP contribution in [0.1, 0.15) is 24.2 Å². The predicted molar refractivity (Wildman–Crippen MR) is 82.1 cm³/mol. The Hall–Kier alpha value is -1.75. The minimum atomic E-state index is -0.0500. The number of benzene rings is 1. The van der Waals surface area contributed by atoms with E-state index in [2.05, 4.69) is 4.90 Å². The molecule has 112 valence electrons. The van der Waals surface area contributed by atoms with Gasteiger partial charge >= 0.3 is 0 Å². The molecule has 1 aromatic rings. The molecule has 0 fully saturated rings. The molecular formula is C15H25N3O2. The van der Waals surface area contributed by atoms with Crippen molar-refractivity contribution in [2.24, 2.45) is 0 Å². The number of nitrogen functional groups attached to an aromatic ring is 1. The normalized spacial score (nSPS) is 12.3. The molecule has 0 aliphatic carbocycles. The molecule has 5 heteroatoms. The van der Waals surface area contributed by atoms with Gasteiger partial charge < -0.3 is 20.3 Å². The third-order valence-corrected chi connectivity index (χ3v) is 3.24. The maximum absolute atomic E-state index is 12.7. The van der Waals surface area contributed by atoms with E-state index in [9.17, 15) is 4.79 Å². The Bertz CT molecular complexity index is 460. The van der Waals surface area contributed by atoms with Crippen LogP contribution in [0.25, 0.3) is 0 Å². The molecule has 1 atom stereocenters. The number of rotatable bonds is 6. The number of likely N-dealkylation sites (N-methyl/N-ethyl adjacent to an activating group) is 2. The van der Waals surface area contributed by atoms with Crippen LogP contribution in [0.2, 0.25) is 0 Å². The van der Waals surface area contributed by atoms with Gasteiger partial charge in [-0.25, -0.2) is 0 Å². The minimum absolute atomic E-state index is 0.0500. The quantitative estimate of drug-likeness (QED) is 0.805. The van der Waals surface area contributed by atoms with Crippen molar-refractivity contribution in [2.45, 2.75) is 19.9 Å². The van der Waals surface area contributed by atoms with Crippen molar-refractivity contribution in [3.8, 4) is 5.75 Å². The number of methoxy groups -OCH3 is 1. The van der Waals surface area contributed by atoms with E-state index in [1.807, 2.05) is 32.8 Å². The fourth-order valence-corrected chi connectivity index (χ4v) is 2.39. The van der Waals surface area contributed by atoms with Gasteiger partial charge in [0.2, 0.25) is 0 Å². The third-order valence-electron chi connectivity index (χ3n) is 3.24. The fourth-order valence-electron chi connectivity index (χ4n) is 2.39. The second-order valence-corrected chi connectivity index (χ2v) is 5.13. The summed E-state index contributed by atoms with van der Waals surface area (Å²) in [4.78, 5) is 16.6. The molecule has 2 N–H and O–H groups in total. The zero-order valence-electron chi connectivity index (χ0n) is 13.0. The number of nitrogens with two attached hydrogens (primary N) is 1. The molecule has 5 nitrogen and oxygen atoms in total. The highest BCUT2D eigenvalue weighted by Gasteiger charge is 2.23. The second kappa shape index (κ2) is 7.14. The first kappa shape index (κ1) is 16.3. The summed E-state index contributed by atoms with van der Waals surface area (Å²) in [5.41, 5.74) is 6.86. The van der Waals surface area contributed by atoms with Crippen LogP contribution in [0.5, 0.6) is 5.75 Å². The van der Waals surface area contributed by atoms with Crippen LogP contribution in [0.4, 0.5) is 5.69 Å². The zero-order valence-corrected chi connectivity index (χ0v) is 13.0. The van der Waals surface area contributed by atoms with Crippen LogP contribution in [0.15, 0.2) is 18.2 Å². The first-order valence-electron chi connectivity index (χ1n) is 6.80. The van der Waals surface area contributed by atoms with Crippen LogP contribution in [-0.2, 0) is 0 Å². The number of hydrogen-bond acceptors (Lipinski definition) is 4. The maximum Gasteiger partial charge on any atom is 0.257 e. The smallest absolute Gasteiger partial charge is 0.257 e. The van der Waals surface area contributed by atoms with Crippen molar-refractivity contribution in [2.75, 3.05) is 40.0 Å². The van der Waals surface area contributed by atoms with Gasteiger partial charge in [-0.3, -0.25) is 4.79 Å². The summed E-state index contributed by atoms with van der Waals surface area (Å²) in [6.07, 6.45) is 0. The van der Waals surface area contributed by atoms with E-state index < -0.39 is 0 Å². The Kier molecular flexibility index (Phi) is 5.82. The maximum atomic E-state index is 12.7. The number of anilines is 1. The summed E-state index contributed by atoms with van der Waals surface area (Å²) in [5, 5.41) is 0. The molecular weight excluding hydrogens is 254 g/mol. The number of hydrogen-bond donors (Lipinski definition) is 1. The lowest BCUT2D eigenvalue weighted by atomic mass is 10.1. The van der Waals surface area contributed by atoms with Crippen molar-refractivity contribution in [1.82, 2.24) is 9.80 Å². The Morgan fingerprint density at radius 3 is 2.55 bits per heavy atom. The van der Waals surface area contributed by atoms with E-state index in [1.165, 1.54) is 7.11 Å². The van der Waals surface area contributed by atoms with Gasteiger partial charge in [-0.15, -0.1) is 0 Å². The number of para-hydroxylation sites is 1. The average molecular weight is 279 g/mol. The molecule has 20 heavy (non-hydrogen) atoms. The molecule has 1 rings (SSSR count). The molecule has 0 spiro atoms. The van der Waals surface area contributed by atoms with E-state index in [4.69, 9.17) is 10.5 Å². The Morgan fingerprint density at radius 1 is 1.40 bits per heavy atom. The lowest BCUT2D eigenvalue weighted by Crippen LogP contribution is -2.43. The lowest BCUT2D eigenvalue weighted by Gasteiger charge is -2.30. The SMILES string of the molecule is CCN(C(=O)c1cccc(N)c1OC)C(C)CN(C)C. The van der Waals surface area contributed by atoms with Crippen molar-refractivity contribution in [3.05, 3.63) is 23.8 Å². The van der Waals surface area contributed by atoms with Gasteiger partial charge in [0.1, 0.15) is 0 Å². The largest absolute Gasteiger partial charge is 0.494 e. The summed E-state index contributed by atoms with van der Waals surface area (Å²) < 4.78 is 5.27. The first-order chi connectivity index (χ1) is 9.42. The first-order valence-corrected chi connectivity index (χ1v) is 6.80. The number of nitrogens with zero attached hydrogens (tertiary/aromatic N) is 2. The number of ether oxygens (including phenoxy) is 1. The van der Waals surface area contributed by atoms with Crippen LogP contribution in [0, 0.1) is 0 Å². The fraction of sp³-hybridized carbons (Fsp3) is 0.533. The van der Waals surface area contributed by atoms with Crippen molar-refractivity contribution >= 4 is 11.6 Å². The highest BCUT2D eigenvalue weighted by atomic mass is 16.5. The van der Waals surface area contributed by atoms with Gasteiger partial charge in [0.05, 0.1) is 18.4 Å². The van der Waals surface area contributed by atoms with Gasteiger partial charge in [-0.1, -0.05) is 6.07 Å². The Morgan fingerprint density at radius 2 is 2.05 bits per heavy atom. The van der Waals surface area contributed by atoms with Crippen LogP contribution in [-0.4, -0.2) is 56.0 Å². The Labute approximate surface area is 121 Å². The molecule has 0 saturated heterocycles. The summed E-state index contributed by atoms with van der Waals surface area (Å²) >= 11 is 0. The lowest BCUT2D eigenvalue weighted by molar-refractivity contribution is 0.0676. The number of carbonyl (C=O) groups excluding carboxylic acids is 1. The van der Waals surface area contributed by atoms with Gasteiger partial charge in [-0.2, -0.15) is 0 Å². The number of amides is 1. The molecule has 1 amide bonds. The van der Waals surface area contributed by atoms with E-state index in [0.29, 0.717) is 23.5 Å². The van der Waals surface area contributed by atoms with E-state index in [1.54, 1.807) is 18.2 Å². The summed E-state index contributed by atoms with van der Waals surface area (Å²) in [6.45, 7) is 5.47. The van der Waals surface area contributed by atoms with E-state index in [-0.39, 0.29) is 11.9 Å². The van der Waals surface area contributed by atoms with E-state index in [0.717, 1.165) is 6.54 Å². The summed E-state index contributed by atoms with van der Waals surface area (Å²) in [6, 6.07) is 5.38. The van der Waals surface area contributed by atoms with Crippen LogP contribution < -0.4 is 10.5 Å². The molecule has 0 heterocycles. The highest BCUT2D eigenvalue weighted by Crippen LogP contribution is 2.27. The van der Waals surface area contributed by atoms with Gasteiger partial charge in [-0.05, 0) is 40.1 Å². The number of carbonyl (C=O) groups is 1. The molecule has 1 aromatic carbocycles. The second-order valence-electron chi connectivity index (χ2n) is 5.13. The van der Waals surface area contributed by atoms with Crippen molar-refractivity contribution in [3.63, 3.8) is 0 Å². The van der Waals surface area contributed by atoms with Gasteiger partial charge in [0.15, 0.2) is 5.75 Å². The van der Waals surface area contributed by atoms with Gasteiger partial charge in [0, 0.05) is 19.1 Å². The topological polar surface area (TPSA) is 58.8 Å². The molecule has 0 bridgehead atoms. The predicted octanol–water partition coefficient (Wildman–Crippen LogP) is 1.69. The average Bonchev–Trinajstić information content (AvgIpc) is 2.38. The summed E-state index contributed by atoms with van der Waals surface area (Å²) in [7, 11) is 5.52. The molecule has 0 radical (unpaired) electrons. The summed E-state index contributed by atoms with van der Waals surface area (Å²) in [5.74, 6) is 0.402. The molecule has 0 aromatic heterocycles. The molecule has 1 unspecified atom stereocenters. The molecule has 0 saturated carbocycles. The van der Waals surface area contributed by atoms with Crippen LogP contribution >= 0.6 is 0 Å². The minimum Gasteiger partial charge on any atom is -0.494 e. The molecule has 0 aliphatic rings. The third kappa shape index (κ3) is 3.63. The van der Waals surface area contributed by atoms with Crippen LogP contribution in [0.3, 0.4) is 0 Å². The van der Waals surface area contributed by atoms with Crippen molar-refractivity contribution in [1.29, 1.82) is 0 Å². The zero-order chi connectivity index (χ0) is 15.3. The molecule has 0 aliphatic heterocycles. The highest BCUT2D eigenvalue weighted by molar-refractivity contribution is 5.98. The standard InChI is InChI=1S/C15H25N3O2/c1-6-18(11(2)10-17(3)4)15(19)12-8-7-9-13(16)14(12)20-5/h7-9,11H,6,10,16H2,1-5H3.